The maximum Gasteiger partial charge on any atom is 0.0596 e. The van der Waals surface area contributed by atoms with Gasteiger partial charge < -0.3 is 14.6 Å². The zero-order valence-electron chi connectivity index (χ0n) is 92.8. The van der Waals surface area contributed by atoms with Gasteiger partial charge in [0.25, 0.3) is 0 Å². The van der Waals surface area contributed by atoms with Gasteiger partial charge in [-0.05, 0) is 182 Å². The lowest BCUT2D eigenvalue weighted by Gasteiger charge is -2.46. The molecule has 764 valence electrons. The summed E-state index contributed by atoms with van der Waals surface area (Å²) in [5, 5.41) is 9.39. The van der Waals surface area contributed by atoms with E-state index < -0.39 is 0 Å². The van der Waals surface area contributed by atoms with Gasteiger partial charge in [-0.3, -0.25) is 0 Å². The molecule has 1 aliphatic heterocycles. The summed E-state index contributed by atoms with van der Waals surface area (Å²) in [4.78, 5) is 0. The highest BCUT2D eigenvalue weighted by atomic mass is 16.5. The zero-order chi connectivity index (χ0) is 94.0. The first kappa shape index (κ1) is 187. The fraction of sp³-hybridized carbons (Fsp3) is 1.00. The molecule has 2 saturated carbocycles. The molecule has 3 aliphatic rings. The number of hydrogen-bond acceptors (Lipinski definition) is 3. The zero-order valence-corrected chi connectivity index (χ0v) is 92.8. The van der Waals surface area contributed by atoms with Crippen LogP contribution in [0.25, 0.3) is 0 Å². The Morgan fingerprint density at radius 1 is 0.303 bits per heavy atom. The van der Waals surface area contributed by atoms with Crippen LogP contribution in [0.3, 0.4) is 0 Å². The summed E-state index contributed by atoms with van der Waals surface area (Å²) in [6.07, 6.45) is 32.4. The average molecular weight is 1730 g/mol. The summed E-state index contributed by atoms with van der Waals surface area (Å²) in [5.41, 5.74) is 1.82. The molecule has 0 aromatic heterocycles. The van der Waals surface area contributed by atoms with Crippen molar-refractivity contribution in [2.75, 3.05) is 20.3 Å². The van der Waals surface area contributed by atoms with E-state index in [0.29, 0.717) is 34.7 Å². The SMILES string of the molecule is C.C.C.C.C.C.C.CC(C)C1CC(C(C)C)C1.CC(C)CC(C)(C)C(C)C.CC(C)CC(C)C(C)C.CC(C)CC(O)CC(C)C.CC(C)CC1(C(C)C)CC1.CC(C)CC1(C(C)C)COC1.CCC.CCC.CCC.CCC.CCC.CCC.CCC.CCC.CCC.CCC.CCC.CCC.CCC.CCC.COC(CC(C)C)C(C)C. The highest BCUT2D eigenvalue weighted by molar-refractivity contribution is 4.95. The summed E-state index contributed by atoms with van der Waals surface area (Å²) >= 11 is 0. The van der Waals surface area contributed by atoms with Gasteiger partial charge >= 0.3 is 0 Å². The van der Waals surface area contributed by atoms with E-state index in [9.17, 15) is 5.11 Å². The van der Waals surface area contributed by atoms with E-state index in [1.807, 2.05) is 0 Å². The maximum atomic E-state index is 9.39. The molecule has 0 spiro atoms. The standard InChI is InChI=1S/C10H20O.2C10H20.C10H22.2C9H20O.C9H20.14C3H8.7CH4/c1-8(2)5-10(9(3)4)6-11-7-10;1-7(2)9-5-10(6-9)8(3)4;1-8(2)7-10(5-6-10)9(3)4;1-8(2)7-10(5,6)9(3)4;1-7(2)6-9(10-5)8(3)4;1-7(2)5-9(10)6-8(3)4;1-7(2)6-9(5)8(3)4;14*1-3-2;;;;;;;/h8-9H,5-7H2,1-4H3;7-10H,5-6H2,1-4H3;8-9H,5-7H2,1-4H3;8-9H,7H2,1-6H3;7-9H,6H2,1-5H3;7-10H,5-6H2,1-4H3;7-9H,6H2,1-5H3;14*3H2,1-2H3;7*1H4. The molecule has 3 fully saturated rings. The number of methoxy groups -OCH3 is 1. The van der Waals surface area contributed by atoms with Gasteiger partial charge in [-0.25, -0.2) is 0 Å². The minimum absolute atomic E-state index is 0. The van der Waals surface area contributed by atoms with Crippen LogP contribution >= 0.6 is 0 Å². The third kappa shape index (κ3) is 205. The highest BCUT2D eigenvalue weighted by Gasteiger charge is 2.45. The van der Waals surface area contributed by atoms with Gasteiger partial charge in [-0.15, -0.1) is 0 Å². The van der Waals surface area contributed by atoms with Crippen molar-refractivity contribution < 1.29 is 14.6 Å². The maximum absolute atomic E-state index is 9.39. The van der Waals surface area contributed by atoms with E-state index in [1.54, 1.807) is 7.11 Å². The van der Waals surface area contributed by atoms with Crippen molar-refractivity contribution in [2.45, 2.75) is 633 Å². The van der Waals surface area contributed by atoms with E-state index >= 15 is 0 Å². The number of hydrogen-bond donors (Lipinski definition) is 1. The van der Waals surface area contributed by atoms with Crippen LogP contribution < -0.4 is 0 Å². The third-order valence-electron chi connectivity index (χ3n) is 16.6. The molecular formula is C116H282O3. The quantitative estimate of drug-likeness (QED) is 0.117. The van der Waals surface area contributed by atoms with Crippen molar-refractivity contribution in [1.82, 2.24) is 0 Å². The second-order valence-corrected chi connectivity index (χ2v) is 39.8. The van der Waals surface area contributed by atoms with Crippen molar-refractivity contribution in [3.05, 3.63) is 0 Å². The number of ether oxygens (including phenoxy) is 2. The molecule has 3 rings (SSSR count). The lowest BCUT2D eigenvalue weighted by Crippen LogP contribution is -2.47. The van der Waals surface area contributed by atoms with Crippen LogP contribution in [0.2, 0.25) is 0 Å². The van der Waals surface area contributed by atoms with Gasteiger partial charge in [-0.1, -0.05) is 550 Å². The van der Waals surface area contributed by atoms with Gasteiger partial charge in [-0.2, -0.15) is 0 Å². The topological polar surface area (TPSA) is 38.7 Å². The fourth-order valence-electron chi connectivity index (χ4n) is 10.2. The Labute approximate surface area is 780 Å². The Hall–Kier alpha value is -0.120. The number of aliphatic hydroxyl groups excluding tert-OH is 1. The first-order valence-corrected chi connectivity index (χ1v) is 50.3. The second-order valence-electron chi connectivity index (χ2n) is 39.8. The Kier molecular flexibility index (Phi) is 235. The molecule has 0 radical (unpaired) electrons. The first-order valence-electron chi connectivity index (χ1n) is 50.3. The van der Waals surface area contributed by atoms with Crippen molar-refractivity contribution in [1.29, 1.82) is 0 Å². The van der Waals surface area contributed by atoms with E-state index in [0.717, 1.165) is 114 Å². The number of aliphatic hydroxyl groups is 1. The Balaban J connectivity index is -0.0000000346. The molecule has 2 unspecified atom stereocenters. The largest absolute Gasteiger partial charge is 0.393 e. The third-order valence-corrected chi connectivity index (χ3v) is 16.6. The Morgan fingerprint density at radius 3 is 0.588 bits per heavy atom. The monoisotopic (exact) mass is 1720 g/mol. The van der Waals surface area contributed by atoms with Crippen LogP contribution in [0, 0.1) is 117 Å². The normalized spacial score (nSPS) is 13.3. The van der Waals surface area contributed by atoms with E-state index in [1.165, 1.54) is 148 Å². The summed E-state index contributed by atoms with van der Waals surface area (Å²) in [7, 11) is 1.80. The highest BCUT2D eigenvalue weighted by Crippen LogP contribution is 2.56. The summed E-state index contributed by atoms with van der Waals surface area (Å²) in [6.45, 7) is 132. The molecule has 3 nitrogen and oxygen atoms in total. The minimum Gasteiger partial charge on any atom is -0.393 e. The van der Waals surface area contributed by atoms with Crippen LogP contribution in [-0.4, -0.2) is 37.6 Å². The van der Waals surface area contributed by atoms with Crippen LogP contribution in [0.15, 0.2) is 0 Å². The predicted molar refractivity (Wildman–Crippen MR) is 592 cm³/mol. The molecule has 1 saturated heterocycles. The first-order chi connectivity index (χ1) is 51.5. The van der Waals surface area contributed by atoms with E-state index in [2.05, 4.69) is 409 Å². The summed E-state index contributed by atoms with van der Waals surface area (Å²) < 4.78 is 10.6. The van der Waals surface area contributed by atoms with Crippen LogP contribution in [-0.2, 0) is 9.47 Å². The van der Waals surface area contributed by atoms with Crippen LogP contribution in [0.4, 0.5) is 0 Å². The molecular weight excluding hydrogens is 1440 g/mol. The van der Waals surface area contributed by atoms with Crippen molar-refractivity contribution in [3.63, 3.8) is 0 Å². The van der Waals surface area contributed by atoms with Gasteiger partial charge in [0.15, 0.2) is 0 Å². The molecule has 3 heteroatoms. The van der Waals surface area contributed by atoms with E-state index in [-0.39, 0.29) is 58.1 Å². The predicted octanol–water partition coefficient (Wildman–Crippen LogP) is 46.0. The van der Waals surface area contributed by atoms with Gasteiger partial charge in [0.1, 0.15) is 0 Å². The lowest BCUT2D eigenvalue weighted by atomic mass is 9.65. The molecule has 0 aromatic rings. The Bertz CT molecular complexity index is 1270. The second kappa shape index (κ2) is 149. The lowest BCUT2D eigenvalue weighted by molar-refractivity contribution is -0.148. The van der Waals surface area contributed by atoms with Gasteiger partial charge in [0, 0.05) is 12.5 Å². The van der Waals surface area contributed by atoms with Crippen molar-refractivity contribution in [3.8, 4) is 0 Å². The average Bonchev–Trinajstić information content (AvgIpc) is 1.73. The molecule has 0 amide bonds. The molecule has 0 bridgehead atoms. The van der Waals surface area contributed by atoms with Crippen LogP contribution in [0.1, 0.15) is 621 Å². The molecule has 2 atom stereocenters. The van der Waals surface area contributed by atoms with Gasteiger partial charge in [0.05, 0.1) is 25.4 Å². The van der Waals surface area contributed by atoms with Gasteiger partial charge in [0.2, 0.25) is 0 Å². The van der Waals surface area contributed by atoms with E-state index in [4.69, 9.17) is 9.47 Å². The van der Waals surface area contributed by atoms with Crippen LogP contribution in [0.5, 0.6) is 0 Å². The fourth-order valence-corrected chi connectivity index (χ4v) is 10.2. The smallest absolute Gasteiger partial charge is 0.0596 e. The number of rotatable bonds is 22. The Morgan fingerprint density at radius 2 is 0.513 bits per heavy atom. The molecule has 2 aliphatic carbocycles. The summed E-state index contributed by atoms with van der Waals surface area (Å²) in [6, 6.07) is 0. The molecule has 0 aromatic carbocycles. The van der Waals surface area contributed by atoms with Crippen molar-refractivity contribution in [2.24, 2.45) is 117 Å². The van der Waals surface area contributed by atoms with Crippen molar-refractivity contribution >= 4 is 0 Å². The minimum atomic E-state index is -0.0833. The molecule has 1 heterocycles. The molecule has 119 heavy (non-hydrogen) atoms. The summed E-state index contributed by atoms with van der Waals surface area (Å²) in [5.74, 6) is 14.2. The molecule has 1 N–H and O–H groups in total.